The maximum Gasteiger partial charge on any atom is 0.526 e. The Balaban J connectivity index is 1.58. The highest BCUT2D eigenvalue weighted by Crippen LogP contribution is 2.36. The second-order valence-corrected chi connectivity index (χ2v) is 11.1. The summed E-state index contributed by atoms with van der Waals surface area (Å²) in [6, 6.07) is 8.33. The van der Waals surface area contributed by atoms with Crippen molar-refractivity contribution in [3.05, 3.63) is 59.2 Å². The first-order valence-corrected chi connectivity index (χ1v) is 13.9. The number of likely N-dealkylation sites (N-methyl/N-ethyl adjacent to an activating group) is 1. The van der Waals surface area contributed by atoms with Gasteiger partial charge in [-0.3, -0.25) is 19.3 Å². The maximum atomic E-state index is 13.6. The fourth-order valence-electron chi connectivity index (χ4n) is 4.76. The number of hydrogen-bond donors (Lipinski definition) is 3. The minimum atomic E-state index is -4.01. The molecule has 2 atom stereocenters. The molecule has 0 saturated carbocycles. The van der Waals surface area contributed by atoms with E-state index >= 15 is 0 Å². The molecule has 206 valence electrons. The van der Waals surface area contributed by atoms with Crippen molar-refractivity contribution in [3.8, 4) is 5.75 Å². The maximum absolute atomic E-state index is 13.6. The summed E-state index contributed by atoms with van der Waals surface area (Å²) < 4.78 is 29.1. The third kappa shape index (κ3) is 5.97. The topological polar surface area (TPSA) is 176 Å². The Kier molecular flexibility index (Phi) is 8.09. The predicted octanol–water partition coefficient (Wildman–Crippen LogP) is 0.529. The van der Waals surface area contributed by atoms with Crippen LogP contribution in [0.5, 0.6) is 5.75 Å². The molecular weight excluding hydrogens is 527 g/mol. The first kappa shape index (κ1) is 28.3. The Morgan fingerprint density at radius 3 is 2.49 bits per heavy atom. The zero-order chi connectivity index (χ0) is 28.5. The van der Waals surface area contributed by atoms with Crippen molar-refractivity contribution < 1.29 is 37.3 Å². The number of Topliss-reactive ketones (excluding diaryl/α,β-unsaturated/α-hetero) is 1. The lowest BCUT2D eigenvalue weighted by atomic mass is 9.64. The van der Waals surface area contributed by atoms with Gasteiger partial charge >= 0.3 is 25.0 Å². The van der Waals surface area contributed by atoms with E-state index in [9.17, 15) is 32.6 Å². The minimum Gasteiger partial charge on any atom is -0.536 e. The van der Waals surface area contributed by atoms with Gasteiger partial charge in [-0.2, -0.15) is 0 Å². The van der Waals surface area contributed by atoms with Gasteiger partial charge in [-0.25, -0.2) is 18.4 Å². The van der Waals surface area contributed by atoms with Crippen LogP contribution >= 0.6 is 0 Å². The van der Waals surface area contributed by atoms with Gasteiger partial charge in [0.1, 0.15) is 11.8 Å². The summed E-state index contributed by atoms with van der Waals surface area (Å²) >= 11 is 0. The van der Waals surface area contributed by atoms with E-state index in [-0.39, 0.29) is 30.0 Å². The van der Waals surface area contributed by atoms with Gasteiger partial charge in [0.05, 0.1) is 4.90 Å². The largest absolute Gasteiger partial charge is 0.536 e. The van der Waals surface area contributed by atoms with E-state index in [0.717, 1.165) is 16.0 Å². The van der Waals surface area contributed by atoms with Crippen molar-refractivity contribution >= 4 is 40.8 Å². The number of rotatable bonds is 7. The van der Waals surface area contributed by atoms with E-state index in [4.69, 9.17) is 9.79 Å². The average Bonchev–Trinajstić information content (AvgIpc) is 2.89. The van der Waals surface area contributed by atoms with Gasteiger partial charge in [-0.05, 0) is 49.1 Å². The van der Waals surface area contributed by atoms with Crippen LogP contribution in [0.25, 0.3) is 0 Å². The van der Waals surface area contributed by atoms with Gasteiger partial charge in [0, 0.05) is 31.9 Å². The van der Waals surface area contributed by atoms with Crippen molar-refractivity contribution in [2.24, 2.45) is 5.14 Å². The van der Waals surface area contributed by atoms with Gasteiger partial charge in [0.25, 0.3) is 0 Å². The van der Waals surface area contributed by atoms with Gasteiger partial charge < -0.3 is 19.9 Å². The van der Waals surface area contributed by atoms with Crippen LogP contribution in [0.15, 0.2) is 47.4 Å². The zero-order valence-corrected chi connectivity index (χ0v) is 22.3. The van der Waals surface area contributed by atoms with E-state index in [2.05, 4.69) is 5.32 Å². The van der Waals surface area contributed by atoms with Gasteiger partial charge in [-0.15, -0.1) is 0 Å². The Morgan fingerprint density at radius 1 is 1.15 bits per heavy atom. The van der Waals surface area contributed by atoms with Crippen LogP contribution < -0.4 is 15.1 Å². The van der Waals surface area contributed by atoms with E-state index in [0.29, 0.717) is 18.7 Å². The second kappa shape index (κ2) is 11.2. The van der Waals surface area contributed by atoms with Crippen LogP contribution in [0.2, 0.25) is 5.82 Å². The number of ketones is 1. The van der Waals surface area contributed by atoms with E-state index in [1.165, 1.54) is 29.2 Å². The molecule has 1 fully saturated rings. The molecule has 14 heteroatoms. The number of aryl methyl sites for hydroxylation is 1. The van der Waals surface area contributed by atoms with Crippen molar-refractivity contribution in [2.45, 2.75) is 43.4 Å². The molecule has 0 radical (unpaired) electrons. The molecule has 2 aliphatic heterocycles. The molecule has 2 aromatic carbocycles. The molecule has 4 N–H and O–H groups in total. The molecule has 1 unspecified atom stereocenters. The number of benzene rings is 2. The van der Waals surface area contributed by atoms with Crippen LogP contribution in [0, 0.1) is 6.92 Å². The average molecular weight is 556 g/mol. The Hall–Kier alpha value is -3.75. The number of sulfonamides is 1. The molecule has 0 bridgehead atoms. The van der Waals surface area contributed by atoms with Gasteiger partial charge in [0.2, 0.25) is 10.0 Å². The molecule has 4 amide bonds. The number of amides is 4. The van der Waals surface area contributed by atoms with Crippen LogP contribution in [-0.2, 0) is 30.8 Å². The van der Waals surface area contributed by atoms with Crippen LogP contribution in [0.1, 0.15) is 36.1 Å². The molecule has 2 aromatic rings. The van der Waals surface area contributed by atoms with Crippen LogP contribution in [0.3, 0.4) is 0 Å². The molecule has 39 heavy (non-hydrogen) atoms. The molecule has 1 saturated heterocycles. The molecule has 2 aliphatic rings. The molecule has 0 aliphatic carbocycles. The van der Waals surface area contributed by atoms with Gasteiger partial charge in [-0.1, -0.05) is 30.3 Å². The number of imide groups is 1. The zero-order valence-electron chi connectivity index (χ0n) is 21.5. The normalized spacial score (nSPS) is 18.4. The third-order valence-electron chi connectivity index (χ3n) is 6.95. The lowest BCUT2D eigenvalue weighted by Crippen LogP contribution is -2.58. The first-order valence-electron chi connectivity index (χ1n) is 12.4. The number of fused-ring (bicyclic) bond motifs is 1. The summed E-state index contributed by atoms with van der Waals surface area (Å²) in [4.78, 5) is 53.4. The summed E-state index contributed by atoms with van der Waals surface area (Å²) in [5.41, 5.74) is 1.90. The summed E-state index contributed by atoms with van der Waals surface area (Å²) in [5, 5.41) is 18.3. The number of nitrogens with two attached hydrogens (primary N) is 1. The van der Waals surface area contributed by atoms with Crippen LogP contribution in [-0.4, -0.2) is 73.6 Å². The highest BCUT2D eigenvalue weighted by atomic mass is 32.2. The smallest absolute Gasteiger partial charge is 0.526 e. The summed E-state index contributed by atoms with van der Waals surface area (Å²) in [6.45, 7) is 3.97. The molecule has 12 nitrogen and oxygen atoms in total. The summed E-state index contributed by atoms with van der Waals surface area (Å²) in [7, 11) is -5.28. The number of nitrogens with one attached hydrogen (secondary N) is 1. The van der Waals surface area contributed by atoms with Crippen molar-refractivity contribution in [3.63, 3.8) is 0 Å². The number of nitrogens with zero attached hydrogens (tertiary/aromatic N) is 2. The quantitative estimate of drug-likeness (QED) is 0.327. The Bertz CT molecular complexity index is 1420. The first-order chi connectivity index (χ1) is 18.4. The highest BCUT2D eigenvalue weighted by molar-refractivity contribution is 7.89. The molecular formula is C25H29BN4O8S. The molecule has 0 spiro atoms. The third-order valence-corrected chi connectivity index (χ3v) is 7.88. The van der Waals surface area contributed by atoms with E-state index in [1.54, 1.807) is 6.92 Å². The molecule has 4 rings (SSSR count). The monoisotopic (exact) mass is 556 g/mol. The fourth-order valence-corrected chi connectivity index (χ4v) is 5.28. The van der Waals surface area contributed by atoms with Gasteiger partial charge in [0.15, 0.2) is 5.78 Å². The predicted molar refractivity (Wildman–Crippen MR) is 140 cm³/mol. The summed E-state index contributed by atoms with van der Waals surface area (Å²) in [6.07, 6.45) is 0.147. The molecule has 2 heterocycles. The Labute approximate surface area is 226 Å². The Morgan fingerprint density at radius 2 is 1.85 bits per heavy atom. The number of piperazine rings is 1. The number of carbonyl (C=O) groups excluding carboxylic acids is 4. The SMILES string of the molecule is CCN1CCN(C(=O)NC(C(=O)C[C@H]2Cc3cccc(C)c3OB2O)c2ccc(S(N)(=O)=O)cc2)C(=O)C1=O. The molecule has 0 aromatic heterocycles. The van der Waals surface area contributed by atoms with Crippen molar-refractivity contribution in [1.29, 1.82) is 0 Å². The lowest BCUT2D eigenvalue weighted by Gasteiger charge is -2.33. The highest BCUT2D eigenvalue weighted by Gasteiger charge is 2.40. The second-order valence-electron chi connectivity index (χ2n) is 9.54. The number of urea groups is 1. The van der Waals surface area contributed by atoms with E-state index in [1.807, 2.05) is 25.1 Å². The summed E-state index contributed by atoms with van der Waals surface area (Å²) in [5.74, 6) is -2.42. The fraction of sp³-hybridized carbons (Fsp3) is 0.360. The van der Waals surface area contributed by atoms with E-state index < -0.39 is 52.6 Å². The number of hydrogen-bond acceptors (Lipinski definition) is 8. The van der Waals surface area contributed by atoms with Crippen molar-refractivity contribution in [1.82, 2.24) is 15.1 Å². The number of carbonyl (C=O) groups is 4. The number of para-hydroxylation sites is 1. The lowest BCUT2D eigenvalue weighted by molar-refractivity contribution is -0.153. The standard InChI is InChI=1S/C25H29BN4O8S/c1-3-29-11-12-30(24(33)23(29)32)25(34)28-21(16-7-9-19(10-8-16)39(27,36)37)20(31)14-18-13-17-6-4-5-15(2)22(17)38-26(18)35/h4-10,18,21,35H,3,11-14H2,1-2H3,(H,28,34)(H2,27,36,37)/t18-,21?/m1/s1. The number of primary sulfonamides is 1. The van der Waals surface area contributed by atoms with Crippen molar-refractivity contribution in [2.75, 3.05) is 19.6 Å². The minimum absolute atomic E-state index is 0.0547. The van der Waals surface area contributed by atoms with Crippen LogP contribution in [0.4, 0.5) is 4.79 Å².